The number of hydrogen-bond donors (Lipinski definition) is 1. The summed E-state index contributed by atoms with van der Waals surface area (Å²) in [5.74, 6) is 0. The minimum Gasteiger partial charge on any atom is -0.389 e. The summed E-state index contributed by atoms with van der Waals surface area (Å²) < 4.78 is 0.950. The molecule has 0 spiro atoms. The van der Waals surface area contributed by atoms with Crippen molar-refractivity contribution in [3.05, 3.63) is 52.5 Å². The van der Waals surface area contributed by atoms with Gasteiger partial charge in [0.05, 0.1) is 17.5 Å². The van der Waals surface area contributed by atoms with Crippen LogP contribution in [0.3, 0.4) is 0 Å². The molecule has 0 saturated carbocycles. The van der Waals surface area contributed by atoms with Crippen molar-refractivity contribution in [3.8, 4) is 0 Å². The molecular weight excluding hydrogens is 328 g/mol. The van der Waals surface area contributed by atoms with Crippen molar-refractivity contribution in [1.29, 1.82) is 0 Å². The van der Waals surface area contributed by atoms with Crippen molar-refractivity contribution >= 4 is 33.0 Å². The Hall–Kier alpha value is -1.52. The molecule has 1 aliphatic heterocycles. The van der Waals surface area contributed by atoms with Crippen LogP contribution in [0.1, 0.15) is 18.6 Å². The molecule has 1 heterocycles. The monoisotopic (exact) mass is 346 g/mol. The van der Waals surface area contributed by atoms with Crippen LogP contribution in [0.4, 0.5) is 17.1 Å². The number of likely N-dealkylation sites (N-methyl/N-ethyl adjacent to an activating group) is 1. The predicted octanol–water partition coefficient (Wildman–Crippen LogP) is 4.09. The Bertz CT molecular complexity index is 657. The zero-order valence-electron chi connectivity index (χ0n) is 12.3. The number of aliphatic hydroxyl groups is 1. The Kier molecular flexibility index (Phi) is 3.91. The second kappa shape index (κ2) is 5.70. The van der Waals surface area contributed by atoms with E-state index in [1.165, 1.54) is 11.4 Å². The predicted molar refractivity (Wildman–Crippen MR) is 91.5 cm³/mol. The quantitative estimate of drug-likeness (QED) is 0.886. The Morgan fingerprint density at radius 2 is 1.81 bits per heavy atom. The maximum absolute atomic E-state index is 9.75. The van der Waals surface area contributed by atoms with Crippen molar-refractivity contribution in [1.82, 2.24) is 0 Å². The summed E-state index contributed by atoms with van der Waals surface area (Å²) in [5, 5.41) is 9.75. The lowest BCUT2D eigenvalue weighted by Gasteiger charge is -2.37. The van der Waals surface area contributed by atoms with Crippen LogP contribution in [-0.4, -0.2) is 25.2 Å². The van der Waals surface area contributed by atoms with E-state index in [1.807, 2.05) is 6.07 Å². The second-order valence-corrected chi connectivity index (χ2v) is 6.30. The van der Waals surface area contributed by atoms with E-state index in [1.54, 1.807) is 6.92 Å². The fourth-order valence-electron chi connectivity index (χ4n) is 2.80. The standard InChI is InChI=1S/C17H19BrN2O/c1-12(21)14-8-7-13(11-15(14)18)20-10-9-19(2)16-5-3-4-6-17(16)20/h3-8,11-12,21H,9-10H2,1-2H3/t12-/m1/s1. The maximum Gasteiger partial charge on any atom is 0.0772 e. The van der Waals surface area contributed by atoms with Crippen molar-refractivity contribution in [2.45, 2.75) is 13.0 Å². The molecule has 0 aliphatic carbocycles. The molecule has 0 bridgehead atoms. The fraction of sp³-hybridized carbons (Fsp3) is 0.294. The van der Waals surface area contributed by atoms with Gasteiger partial charge in [0.1, 0.15) is 0 Å². The molecule has 3 nitrogen and oxygen atoms in total. The van der Waals surface area contributed by atoms with Crippen LogP contribution >= 0.6 is 15.9 Å². The van der Waals surface area contributed by atoms with E-state index in [-0.39, 0.29) is 0 Å². The average molecular weight is 347 g/mol. The molecular formula is C17H19BrN2O. The van der Waals surface area contributed by atoms with Gasteiger partial charge in [-0.3, -0.25) is 0 Å². The molecule has 110 valence electrons. The summed E-state index contributed by atoms with van der Waals surface area (Å²) in [6.07, 6.45) is -0.465. The number of aliphatic hydroxyl groups excluding tert-OH is 1. The molecule has 0 aromatic heterocycles. The Morgan fingerprint density at radius 3 is 2.48 bits per heavy atom. The van der Waals surface area contributed by atoms with Gasteiger partial charge in [0.2, 0.25) is 0 Å². The van der Waals surface area contributed by atoms with Gasteiger partial charge in [-0.25, -0.2) is 0 Å². The normalized spacial score (nSPS) is 15.8. The van der Waals surface area contributed by atoms with Gasteiger partial charge in [-0.05, 0) is 36.8 Å². The van der Waals surface area contributed by atoms with Crippen LogP contribution in [0.25, 0.3) is 0 Å². The van der Waals surface area contributed by atoms with Crippen LogP contribution < -0.4 is 9.80 Å². The lowest BCUT2D eigenvalue weighted by molar-refractivity contribution is 0.198. The molecule has 1 aliphatic rings. The van der Waals surface area contributed by atoms with E-state index in [4.69, 9.17) is 0 Å². The zero-order valence-corrected chi connectivity index (χ0v) is 13.8. The van der Waals surface area contributed by atoms with Gasteiger partial charge < -0.3 is 14.9 Å². The second-order valence-electron chi connectivity index (χ2n) is 5.44. The number of halogens is 1. The first-order valence-electron chi connectivity index (χ1n) is 7.13. The highest BCUT2D eigenvalue weighted by Gasteiger charge is 2.21. The Labute approximate surface area is 133 Å². The molecule has 2 aromatic rings. The minimum absolute atomic E-state index is 0.465. The van der Waals surface area contributed by atoms with Gasteiger partial charge in [-0.1, -0.05) is 34.1 Å². The van der Waals surface area contributed by atoms with Crippen molar-refractivity contribution in [2.24, 2.45) is 0 Å². The van der Waals surface area contributed by atoms with E-state index >= 15 is 0 Å². The van der Waals surface area contributed by atoms with Gasteiger partial charge in [0.25, 0.3) is 0 Å². The average Bonchev–Trinajstić information content (AvgIpc) is 2.47. The van der Waals surface area contributed by atoms with E-state index in [9.17, 15) is 5.11 Å². The van der Waals surface area contributed by atoms with Crippen LogP contribution in [0, 0.1) is 0 Å². The summed E-state index contributed by atoms with van der Waals surface area (Å²) in [4.78, 5) is 4.61. The number of para-hydroxylation sites is 2. The minimum atomic E-state index is -0.465. The molecule has 0 radical (unpaired) electrons. The SMILES string of the molecule is C[C@@H](O)c1ccc(N2CCN(C)c3ccccc32)cc1Br. The van der Waals surface area contributed by atoms with E-state index in [0.717, 1.165) is 28.8 Å². The molecule has 2 aromatic carbocycles. The molecule has 4 heteroatoms. The largest absolute Gasteiger partial charge is 0.389 e. The molecule has 1 N–H and O–H groups in total. The topological polar surface area (TPSA) is 26.7 Å². The molecule has 0 fully saturated rings. The van der Waals surface area contributed by atoms with E-state index < -0.39 is 6.10 Å². The first kappa shape index (κ1) is 14.4. The third-order valence-corrected chi connectivity index (χ3v) is 4.68. The van der Waals surface area contributed by atoms with Crippen LogP contribution in [0.2, 0.25) is 0 Å². The third kappa shape index (κ3) is 2.65. The van der Waals surface area contributed by atoms with E-state index in [2.05, 4.69) is 69.2 Å². The van der Waals surface area contributed by atoms with Crippen molar-refractivity contribution in [2.75, 3.05) is 29.9 Å². The summed E-state index contributed by atoms with van der Waals surface area (Å²) in [6, 6.07) is 14.6. The summed E-state index contributed by atoms with van der Waals surface area (Å²) in [5.41, 5.74) is 4.54. The fourth-order valence-corrected chi connectivity index (χ4v) is 3.50. The Morgan fingerprint density at radius 1 is 1.10 bits per heavy atom. The number of nitrogens with zero attached hydrogens (tertiary/aromatic N) is 2. The first-order chi connectivity index (χ1) is 10.1. The highest BCUT2D eigenvalue weighted by atomic mass is 79.9. The summed E-state index contributed by atoms with van der Waals surface area (Å²) in [7, 11) is 2.13. The third-order valence-electron chi connectivity index (χ3n) is 3.99. The Balaban J connectivity index is 2.02. The molecule has 0 amide bonds. The number of rotatable bonds is 2. The highest BCUT2D eigenvalue weighted by molar-refractivity contribution is 9.10. The number of fused-ring (bicyclic) bond motifs is 1. The summed E-state index contributed by atoms with van der Waals surface area (Å²) >= 11 is 3.57. The number of benzene rings is 2. The molecule has 3 rings (SSSR count). The van der Waals surface area contributed by atoms with Crippen LogP contribution in [0.15, 0.2) is 46.9 Å². The zero-order chi connectivity index (χ0) is 15.0. The van der Waals surface area contributed by atoms with Gasteiger partial charge in [-0.2, -0.15) is 0 Å². The number of anilines is 3. The lowest BCUT2D eigenvalue weighted by atomic mass is 10.1. The molecule has 1 atom stereocenters. The van der Waals surface area contributed by atoms with Crippen LogP contribution in [-0.2, 0) is 0 Å². The van der Waals surface area contributed by atoms with Crippen molar-refractivity contribution in [3.63, 3.8) is 0 Å². The molecule has 0 saturated heterocycles. The summed E-state index contributed by atoms with van der Waals surface area (Å²) in [6.45, 7) is 3.73. The lowest BCUT2D eigenvalue weighted by Crippen LogP contribution is -2.36. The highest BCUT2D eigenvalue weighted by Crippen LogP contribution is 2.38. The van der Waals surface area contributed by atoms with Gasteiger partial charge in [-0.15, -0.1) is 0 Å². The van der Waals surface area contributed by atoms with Crippen LogP contribution in [0.5, 0.6) is 0 Å². The molecule has 0 unspecified atom stereocenters. The van der Waals surface area contributed by atoms with Gasteiger partial charge >= 0.3 is 0 Å². The van der Waals surface area contributed by atoms with Crippen molar-refractivity contribution < 1.29 is 5.11 Å². The number of hydrogen-bond acceptors (Lipinski definition) is 3. The first-order valence-corrected chi connectivity index (χ1v) is 7.92. The van der Waals surface area contributed by atoms with E-state index in [0.29, 0.717) is 0 Å². The smallest absolute Gasteiger partial charge is 0.0772 e. The van der Waals surface area contributed by atoms with Gasteiger partial charge in [0.15, 0.2) is 0 Å². The van der Waals surface area contributed by atoms with Gasteiger partial charge in [0, 0.05) is 30.3 Å². The molecule has 21 heavy (non-hydrogen) atoms. The maximum atomic E-state index is 9.75.